The highest BCUT2D eigenvalue weighted by molar-refractivity contribution is 7.86. The third kappa shape index (κ3) is 8.97. The number of rotatable bonds is 13. The molecule has 23 heavy (non-hydrogen) atoms. The zero-order chi connectivity index (χ0) is 17.0. The van der Waals surface area contributed by atoms with Gasteiger partial charge in [0.15, 0.2) is 0 Å². The van der Waals surface area contributed by atoms with E-state index >= 15 is 0 Å². The van der Waals surface area contributed by atoms with Gasteiger partial charge in [-0.3, -0.25) is 4.18 Å². The van der Waals surface area contributed by atoms with Gasteiger partial charge in [0.05, 0.1) is 51.1 Å². The fourth-order valence-corrected chi connectivity index (χ4v) is 2.47. The first-order valence-electron chi connectivity index (χ1n) is 7.31. The molecule has 0 aliphatic heterocycles. The number of aryl methyl sites for hydroxylation is 1. The van der Waals surface area contributed by atoms with Crippen LogP contribution in [-0.4, -0.2) is 61.3 Å². The number of alkyl halides is 1. The molecule has 0 unspecified atom stereocenters. The molecular formula is C15H23FO6S. The monoisotopic (exact) mass is 350 g/mol. The molecule has 0 bridgehead atoms. The van der Waals surface area contributed by atoms with Crippen molar-refractivity contribution in [1.82, 2.24) is 0 Å². The van der Waals surface area contributed by atoms with Crippen molar-refractivity contribution in [3.63, 3.8) is 0 Å². The molecule has 0 N–H and O–H groups in total. The summed E-state index contributed by atoms with van der Waals surface area (Å²) in [4.78, 5) is 0.125. The molecule has 0 fully saturated rings. The second-order valence-corrected chi connectivity index (χ2v) is 6.23. The molecule has 0 saturated heterocycles. The fourth-order valence-electron chi connectivity index (χ4n) is 1.57. The smallest absolute Gasteiger partial charge is 0.297 e. The van der Waals surface area contributed by atoms with E-state index in [-0.39, 0.29) is 24.7 Å². The minimum Gasteiger partial charge on any atom is -0.377 e. The molecule has 6 nitrogen and oxygen atoms in total. The molecule has 0 amide bonds. The van der Waals surface area contributed by atoms with Gasteiger partial charge in [-0.25, -0.2) is 4.39 Å². The summed E-state index contributed by atoms with van der Waals surface area (Å²) in [6.45, 7) is 2.90. The number of ether oxygens (including phenoxy) is 3. The van der Waals surface area contributed by atoms with Crippen LogP contribution in [0.1, 0.15) is 5.56 Å². The van der Waals surface area contributed by atoms with Crippen molar-refractivity contribution < 1.29 is 31.2 Å². The second-order valence-electron chi connectivity index (χ2n) is 4.62. The molecule has 132 valence electrons. The highest BCUT2D eigenvalue weighted by Gasteiger charge is 2.14. The van der Waals surface area contributed by atoms with Gasteiger partial charge in [-0.2, -0.15) is 8.42 Å². The van der Waals surface area contributed by atoms with Crippen LogP contribution in [0.2, 0.25) is 0 Å². The van der Waals surface area contributed by atoms with Gasteiger partial charge in [0, 0.05) is 0 Å². The third-order valence-corrected chi connectivity index (χ3v) is 4.07. The first-order valence-corrected chi connectivity index (χ1v) is 8.72. The summed E-state index contributed by atoms with van der Waals surface area (Å²) in [5.41, 5.74) is 0.974. The van der Waals surface area contributed by atoms with E-state index in [0.29, 0.717) is 26.4 Å². The molecule has 1 aromatic carbocycles. The Bertz CT molecular complexity index is 517. The van der Waals surface area contributed by atoms with Crippen LogP contribution < -0.4 is 0 Å². The predicted octanol–water partition coefficient (Wildman–Crippen LogP) is 1.72. The third-order valence-electron chi connectivity index (χ3n) is 2.74. The zero-order valence-electron chi connectivity index (χ0n) is 13.2. The molecular weight excluding hydrogens is 327 g/mol. The fraction of sp³-hybridized carbons (Fsp3) is 0.600. The van der Waals surface area contributed by atoms with Crippen LogP contribution in [0.5, 0.6) is 0 Å². The molecule has 0 atom stereocenters. The van der Waals surface area contributed by atoms with Gasteiger partial charge < -0.3 is 14.2 Å². The average molecular weight is 350 g/mol. The van der Waals surface area contributed by atoms with Crippen LogP contribution >= 0.6 is 0 Å². The lowest BCUT2D eigenvalue weighted by Gasteiger charge is -2.07. The summed E-state index contributed by atoms with van der Waals surface area (Å²) in [7, 11) is -3.75. The first kappa shape index (κ1) is 20.0. The van der Waals surface area contributed by atoms with Crippen LogP contribution in [0.3, 0.4) is 0 Å². The Labute approximate surface area is 136 Å². The van der Waals surface area contributed by atoms with Gasteiger partial charge in [-0.05, 0) is 19.1 Å². The number of hydrogen-bond donors (Lipinski definition) is 0. The van der Waals surface area contributed by atoms with Gasteiger partial charge in [0.25, 0.3) is 10.1 Å². The highest BCUT2D eigenvalue weighted by atomic mass is 32.2. The van der Waals surface area contributed by atoms with E-state index in [1.807, 2.05) is 6.92 Å². The quantitative estimate of drug-likeness (QED) is 0.398. The molecule has 0 heterocycles. The van der Waals surface area contributed by atoms with Crippen molar-refractivity contribution in [3.05, 3.63) is 29.8 Å². The molecule has 0 aliphatic carbocycles. The van der Waals surface area contributed by atoms with Crippen LogP contribution in [0.15, 0.2) is 29.2 Å². The van der Waals surface area contributed by atoms with Gasteiger partial charge in [0.1, 0.15) is 6.67 Å². The molecule has 0 saturated carbocycles. The van der Waals surface area contributed by atoms with E-state index < -0.39 is 16.8 Å². The molecule has 0 aliphatic rings. The summed E-state index contributed by atoms with van der Waals surface area (Å²) < 4.78 is 55.6. The number of halogens is 1. The Balaban J connectivity index is 2.05. The van der Waals surface area contributed by atoms with Gasteiger partial charge in [-0.15, -0.1) is 0 Å². The minimum absolute atomic E-state index is 0.0597. The maximum atomic E-state index is 11.9. The lowest BCUT2D eigenvalue weighted by atomic mass is 10.2. The van der Waals surface area contributed by atoms with Crippen molar-refractivity contribution in [2.24, 2.45) is 0 Å². The largest absolute Gasteiger partial charge is 0.377 e. The summed E-state index contributed by atoms with van der Waals surface area (Å²) >= 11 is 0. The van der Waals surface area contributed by atoms with Crippen molar-refractivity contribution >= 4 is 10.1 Å². The summed E-state index contributed by atoms with van der Waals surface area (Å²) in [5.74, 6) is 0. The minimum atomic E-state index is -3.75. The maximum absolute atomic E-state index is 11.9. The normalized spacial score (nSPS) is 11.7. The molecule has 0 radical (unpaired) electrons. The van der Waals surface area contributed by atoms with Crippen LogP contribution in [0.25, 0.3) is 0 Å². The Kier molecular flexibility index (Phi) is 9.97. The van der Waals surface area contributed by atoms with Gasteiger partial charge >= 0.3 is 0 Å². The Morgan fingerprint density at radius 1 is 0.826 bits per heavy atom. The summed E-state index contributed by atoms with van der Waals surface area (Å²) in [6.07, 6.45) is 0. The van der Waals surface area contributed by atoms with Crippen LogP contribution in [0.4, 0.5) is 4.39 Å². The summed E-state index contributed by atoms with van der Waals surface area (Å²) in [6, 6.07) is 6.43. The van der Waals surface area contributed by atoms with Crippen molar-refractivity contribution in [3.8, 4) is 0 Å². The molecule has 1 rings (SSSR count). The standard InChI is InChI=1S/C15H23FO6S/c1-14-2-4-15(5-3-14)23(17,18)22-13-12-21-11-10-20-9-8-19-7-6-16/h2-5H,6-13H2,1H3. The molecule has 0 aromatic heterocycles. The van der Waals surface area contributed by atoms with Gasteiger partial charge in [0.2, 0.25) is 0 Å². The lowest BCUT2D eigenvalue weighted by molar-refractivity contribution is 0.00783. The first-order chi connectivity index (χ1) is 11.1. The van der Waals surface area contributed by atoms with Gasteiger partial charge in [-0.1, -0.05) is 17.7 Å². The SMILES string of the molecule is Cc1ccc(S(=O)(=O)OCCOCCOCCOCCF)cc1. The Morgan fingerprint density at radius 3 is 1.83 bits per heavy atom. The van der Waals surface area contributed by atoms with Crippen LogP contribution in [-0.2, 0) is 28.5 Å². The Hall–Kier alpha value is -1.06. The van der Waals surface area contributed by atoms with E-state index in [1.165, 1.54) is 12.1 Å². The topological polar surface area (TPSA) is 71.1 Å². The molecule has 1 aromatic rings. The van der Waals surface area contributed by atoms with Crippen LogP contribution in [0, 0.1) is 6.92 Å². The molecule has 0 spiro atoms. The predicted molar refractivity (Wildman–Crippen MR) is 82.7 cm³/mol. The second kappa shape index (κ2) is 11.5. The lowest BCUT2D eigenvalue weighted by Crippen LogP contribution is -2.14. The van der Waals surface area contributed by atoms with Crippen molar-refractivity contribution in [2.45, 2.75) is 11.8 Å². The van der Waals surface area contributed by atoms with E-state index in [1.54, 1.807) is 12.1 Å². The van der Waals surface area contributed by atoms with E-state index in [4.69, 9.17) is 18.4 Å². The summed E-state index contributed by atoms with van der Waals surface area (Å²) in [5, 5.41) is 0. The van der Waals surface area contributed by atoms with Crippen molar-refractivity contribution in [1.29, 1.82) is 0 Å². The zero-order valence-corrected chi connectivity index (χ0v) is 14.0. The van der Waals surface area contributed by atoms with E-state index in [2.05, 4.69) is 0 Å². The maximum Gasteiger partial charge on any atom is 0.297 e. The average Bonchev–Trinajstić information content (AvgIpc) is 2.53. The molecule has 8 heteroatoms. The van der Waals surface area contributed by atoms with E-state index in [0.717, 1.165) is 5.56 Å². The highest BCUT2D eigenvalue weighted by Crippen LogP contribution is 2.12. The van der Waals surface area contributed by atoms with Crippen molar-refractivity contribution in [2.75, 3.05) is 52.9 Å². The Morgan fingerprint density at radius 2 is 1.30 bits per heavy atom. The van der Waals surface area contributed by atoms with E-state index in [9.17, 15) is 12.8 Å². The number of benzene rings is 1. The number of hydrogen-bond acceptors (Lipinski definition) is 6.